The van der Waals surface area contributed by atoms with E-state index in [-0.39, 0.29) is 18.2 Å². The molecule has 0 amide bonds. The maximum atomic E-state index is 6.10. The molecular weight excluding hydrogens is 386 g/mol. The zero-order valence-corrected chi connectivity index (χ0v) is 16.4. The van der Waals surface area contributed by atoms with Crippen molar-refractivity contribution in [3.8, 4) is 17.4 Å². The summed E-state index contributed by atoms with van der Waals surface area (Å²) in [5.41, 5.74) is 0.999. The minimum absolute atomic E-state index is 0.0556. The molecule has 0 bridgehead atoms. The molecule has 3 fully saturated rings. The predicted molar refractivity (Wildman–Crippen MR) is 103 cm³/mol. The largest absolute Gasteiger partial charge is 0.423 e. The monoisotopic (exact) mass is 410 g/mol. The molecule has 2 saturated heterocycles. The maximum absolute atomic E-state index is 6.10. The number of benzene rings is 1. The molecule has 4 heterocycles. The molecule has 2 aromatic heterocycles. The van der Waals surface area contributed by atoms with Gasteiger partial charge in [-0.2, -0.15) is 4.68 Å². The molecular formula is C20H24N7O3+. The van der Waals surface area contributed by atoms with Crippen LogP contribution < -0.4 is 10.1 Å². The highest BCUT2D eigenvalue weighted by molar-refractivity contribution is 5.38. The standard InChI is InChI=1S/C20H23N7O3/c1-2-13(1)9-22-16-10-28-19-17(11-29-18(16)19)27-20(23-24-25-27)30-15-5-3-14(4-6-15)26-8-7-21-12-26/h3-8,12-13,16-19,22H,1-2,9-11H2/p+1/t16-,17-,18+,19+/m0/s1. The predicted octanol–water partition coefficient (Wildman–Crippen LogP) is 0.332. The van der Waals surface area contributed by atoms with Crippen molar-refractivity contribution in [3.63, 3.8) is 0 Å². The van der Waals surface area contributed by atoms with Gasteiger partial charge >= 0.3 is 6.01 Å². The number of nitrogens with two attached hydrogens (primary N) is 1. The summed E-state index contributed by atoms with van der Waals surface area (Å²) in [7, 11) is 0. The molecule has 0 spiro atoms. The highest BCUT2D eigenvalue weighted by Gasteiger charge is 2.51. The number of hydrogen-bond acceptors (Lipinski definition) is 7. The lowest BCUT2D eigenvalue weighted by Gasteiger charge is -2.16. The van der Waals surface area contributed by atoms with E-state index in [1.807, 2.05) is 35.0 Å². The SMILES string of the molecule is c1cn(-c2ccc(Oc3nnnn3[C@H]3CO[C@H]4[C@@H]3OC[C@@H]4[NH2+]CC3CC3)cc2)cn1. The van der Waals surface area contributed by atoms with Gasteiger partial charge in [-0.25, -0.2) is 4.98 Å². The Labute approximate surface area is 173 Å². The zero-order valence-electron chi connectivity index (χ0n) is 16.4. The second kappa shape index (κ2) is 7.46. The molecule has 4 atom stereocenters. The van der Waals surface area contributed by atoms with Crippen LogP contribution in [0.25, 0.3) is 5.69 Å². The van der Waals surface area contributed by atoms with E-state index in [0.29, 0.717) is 31.0 Å². The van der Waals surface area contributed by atoms with Crippen molar-refractivity contribution >= 4 is 0 Å². The smallest absolute Gasteiger partial charge is 0.341 e. The third-order valence-electron chi connectivity index (χ3n) is 6.16. The molecule has 10 nitrogen and oxygen atoms in total. The molecule has 0 radical (unpaired) electrons. The van der Waals surface area contributed by atoms with Crippen LogP contribution in [0, 0.1) is 5.92 Å². The van der Waals surface area contributed by atoms with Gasteiger partial charge in [-0.1, -0.05) is 5.10 Å². The number of aromatic nitrogens is 6. The van der Waals surface area contributed by atoms with Gasteiger partial charge in [-0.05, 0) is 47.5 Å². The molecule has 30 heavy (non-hydrogen) atoms. The van der Waals surface area contributed by atoms with Crippen molar-refractivity contribution in [2.45, 2.75) is 37.1 Å². The number of rotatable bonds is 7. The zero-order chi connectivity index (χ0) is 19.9. The van der Waals surface area contributed by atoms with Crippen molar-refractivity contribution in [1.82, 2.24) is 29.8 Å². The third-order valence-corrected chi connectivity index (χ3v) is 6.16. The molecule has 6 rings (SSSR count). The number of tetrazole rings is 1. The third kappa shape index (κ3) is 3.36. The Morgan fingerprint density at radius 2 is 1.97 bits per heavy atom. The molecule has 10 heteroatoms. The van der Waals surface area contributed by atoms with E-state index < -0.39 is 0 Å². The lowest BCUT2D eigenvalue weighted by molar-refractivity contribution is -0.695. The normalized spacial score (nSPS) is 28.0. The number of imidazole rings is 1. The molecule has 3 aliphatic rings. The Balaban J connectivity index is 1.15. The van der Waals surface area contributed by atoms with E-state index in [9.17, 15) is 0 Å². The summed E-state index contributed by atoms with van der Waals surface area (Å²) in [4.78, 5) is 4.07. The first-order chi connectivity index (χ1) is 14.8. The fourth-order valence-electron chi connectivity index (χ4n) is 4.31. The summed E-state index contributed by atoms with van der Waals surface area (Å²) in [5.74, 6) is 1.54. The summed E-state index contributed by atoms with van der Waals surface area (Å²) >= 11 is 0. The molecule has 156 valence electrons. The number of nitrogens with zero attached hydrogens (tertiary/aromatic N) is 6. The number of ether oxygens (including phenoxy) is 3. The molecule has 2 aliphatic heterocycles. The van der Waals surface area contributed by atoms with Gasteiger partial charge in [0.05, 0.1) is 19.5 Å². The number of hydrogen-bond donors (Lipinski definition) is 1. The van der Waals surface area contributed by atoms with Crippen molar-refractivity contribution in [2.24, 2.45) is 5.92 Å². The highest BCUT2D eigenvalue weighted by Crippen LogP contribution is 2.35. The molecule has 1 aromatic carbocycles. The van der Waals surface area contributed by atoms with Gasteiger partial charge < -0.3 is 24.1 Å². The Hall–Kier alpha value is -2.82. The van der Waals surface area contributed by atoms with E-state index in [1.54, 1.807) is 17.2 Å². The quantitative estimate of drug-likeness (QED) is 0.598. The van der Waals surface area contributed by atoms with Crippen LogP contribution >= 0.6 is 0 Å². The second-order valence-corrected chi connectivity index (χ2v) is 8.21. The van der Waals surface area contributed by atoms with Crippen molar-refractivity contribution in [2.75, 3.05) is 19.8 Å². The van der Waals surface area contributed by atoms with Crippen LogP contribution in [0.2, 0.25) is 0 Å². The Morgan fingerprint density at radius 3 is 2.77 bits per heavy atom. The lowest BCUT2D eigenvalue weighted by atomic mass is 10.1. The lowest BCUT2D eigenvalue weighted by Crippen LogP contribution is -2.93. The van der Waals surface area contributed by atoms with E-state index in [2.05, 4.69) is 25.8 Å². The van der Waals surface area contributed by atoms with Crippen LogP contribution in [-0.2, 0) is 9.47 Å². The van der Waals surface area contributed by atoms with Gasteiger partial charge in [0, 0.05) is 24.0 Å². The summed E-state index contributed by atoms with van der Waals surface area (Å²) in [6.07, 6.45) is 8.12. The topological polar surface area (TPSA) is 106 Å². The van der Waals surface area contributed by atoms with Gasteiger partial charge in [-0.15, -0.1) is 0 Å². The average molecular weight is 410 g/mol. The summed E-state index contributed by atoms with van der Waals surface area (Å²) in [6, 6.07) is 8.28. The van der Waals surface area contributed by atoms with Crippen LogP contribution in [0.15, 0.2) is 43.0 Å². The van der Waals surface area contributed by atoms with Gasteiger partial charge in [0.1, 0.15) is 36.6 Å². The van der Waals surface area contributed by atoms with Crippen LogP contribution in [0.3, 0.4) is 0 Å². The van der Waals surface area contributed by atoms with Crippen molar-refractivity contribution in [1.29, 1.82) is 0 Å². The Kier molecular flexibility index (Phi) is 4.47. The molecule has 1 saturated carbocycles. The van der Waals surface area contributed by atoms with Gasteiger partial charge in [0.15, 0.2) is 0 Å². The number of quaternary nitrogens is 1. The molecule has 0 unspecified atom stereocenters. The molecule has 1 aliphatic carbocycles. The molecule has 2 N–H and O–H groups in total. The second-order valence-electron chi connectivity index (χ2n) is 8.21. The molecule has 3 aromatic rings. The minimum atomic E-state index is -0.0930. The number of fused-ring (bicyclic) bond motifs is 1. The first kappa shape index (κ1) is 18.0. The van der Waals surface area contributed by atoms with E-state index in [1.165, 1.54) is 19.4 Å². The summed E-state index contributed by atoms with van der Waals surface area (Å²) in [6.45, 7) is 2.39. The van der Waals surface area contributed by atoms with Crippen molar-refractivity contribution in [3.05, 3.63) is 43.0 Å². The van der Waals surface area contributed by atoms with E-state index in [4.69, 9.17) is 14.2 Å². The van der Waals surface area contributed by atoms with Gasteiger partial charge in [-0.3, -0.25) is 0 Å². The van der Waals surface area contributed by atoms with Gasteiger partial charge in [0.25, 0.3) is 0 Å². The van der Waals surface area contributed by atoms with Crippen LogP contribution in [0.4, 0.5) is 0 Å². The fourth-order valence-corrected chi connectivity index (χ4v) is 4.31. The van der Waals surface area contributed by atoms with Crippen LogP contribution in [0.1, 0.15) is 18.9 Å². The Bertz CT molecular complexity index is 986. The van der Waals surface area contributed by atoms with E-state index in [0.717, 1.165) is 11.6 Å². The van der Waals surface area contributed by atoms with Crippen molar-refractivity contribution < 1.29 is 19.5 Å². The summed E-state index contributed by atoms with van der Waals surface area (Å²) < 4.78 is 21.8. The van der Waals surface area contributed by atoms with Gasteiger partial charge in [0.2, 0.25) is 0 Å². The van der Waals surface area contributed by atoms with E-state index >= 15 is 0 Å². The van der Waals surface area contributed by atoms with Crippen LogP contribution in [0.5, 0.6) is 11.8 Å². The average Bonchev–Trinajstić information content (AvgIpc) is 3.21. The minimum Gasteiger partial charge on any atom is -0.423 e. The first-order valence-electron chi connectivity index (χ1n) is 10.5. The first-order valence-corrected chi connectivity index (χ1v) is 10.5. The summed E-state index contributed by atoms with van der Waals surface area (Å²) in [5, 5.41) is 14.5. The fraction of sp³-hybridized carbons (Fsp3) is 0.500. The Morgan fingerprint density at radius 1 is 1.10 bits per heavy atom. The van der Waals surface area contributed by atoms with Crippen LogP contribution in [-0.4, -0.2) is 67.8 Å². The highest BCUT2D eigenvalue weighted by atomic mass is 16.6. The maximum Gasteiger partial charge on any atom is 0.341 e.